The van der Waals surface area contributed by atoms with E-state index in [4.69, 9.17) is 4.79 Å². The molecule has 0 amide bonds. The van der Waals surface area contributed by atoms with Gasteiger partial charge in [-0.05, 0) is 6.08 Å². The Bertz CT molecular complexity index is 27.9. The van der Waals surface area contributed by atoms with E-state index in [-0.39, 0.29) is 11.0 Å². The number of hydrogen-bond acceptors (Lipinski definition) is 1. The van der Waals surface area contributed by atoms with E-state index in [0.717, 1.165) is 0 Å². The van der Waals surface area contributed by atoms with Crippen molar-refractivity contribution in [2.45, 2.75) is 0 Å². The summed E-state index contributed by atoms with van der Waals surface area (Å²) in [6.07, 6.45) is 1.83. The second kappa shape index (κ2) is 9.46. The first-order chi connectivity index (χ1) is 1.91. The van der Waals surface area contributed by atoms with Crippen molar-refractivity contribution in [3.63, 3.8) is 0 Å². The molecule has 0 atom stereocenters. The van der Waals surface area contributed by atoms with Gasteiger partial charge in [0.25, 0.3) is 0 Å². The fourth-order valence-corrected chi connectivity index (χ4v) is 0. The van der Waals surface area contributed by atoms with Crippen molar-refractivity contribution in [2.75, 3.05) is 0 Å². The third kappa shape index (κ3) is 24.4. The summed E-state index contributed by atoms with van der Waals surface area (Å²) in [7, 11) is 0. The zero-order chi connectivity index (χ0) is 3.41. The van der Waals surface area contributed by atoms with Crippen molar-refractivity contribution >= 4 is 17.3 Å². The molecule has 0 fully saturated rings. The van der Waals surface area contributed by atoms with Gasteiger partial charge in [0, 0.05) is 11.0 Å². The average Bonchev–Trinajstić information content (AvgIpc) is 1.37. The molecule has 2 heteroatoms. The molecule has 0 aliphatic carbocycles. The number of carbonyl (C=O) groups is 1. The van der Waals surface area contributed by atoms with Gasteiger partial charge in [0.2, 0.25) is 0 Å². The predicted molar refractivity (Wildman–Crippen MR) is 22.0 cm³/mol. The molecular weight excluding hydrogens is 80.1 g/mol. The van der Waals surface area contributed by atoms with Gasteiger partial charge in [0.1, 0.15) is 6.29 Å². The van der Waals surface area contributed by atoms with E-state index in [9.17, 15) is 0 Å². The van der Waals surface area contributed by atoms with Crippen molar-refractivity contribution < 1.29 is 4.79 Å². The van der Waals surface area contributed by atoms with Gasteiger partial charge >= 0.3 is 0 Å². The van der Waals surface area contributed by atoms with Crippen LogP contribution in [0.2, 0.25) is 0 Å². The SMILES string of the molecule is C=CC=O.[Si]. The lowest BCUT2D eigenvalue weighted by molar-refractivity contribution is -0.104. The van der Waals surface area contributed by atoms with Crippen LogP contribution in [-0.4, -0.2) is 17.3 Å². The molecule has 0 rings (SSSR count). The molecule has 0 N–H and O–H groups in total. The Morgan fingerprint density at radius 3 is 1.80 bits per heavy atom. The lowest BCUT2D eigenvalue weighted by atomic mass is 10.8. The Morgan fingerprint density at radius 1 is 1.60 bits per heavy atom. The lowest BCUT2D eigenvalue weighted by Crippen LogP contribution is -1.44. The van der Waals surface area contributed by atoms with Crippen molar-refractivity contribution in [1.29, 1.82) is 0 Å². The summed E-state index contributed by atoms with van der Waals surface area (Å²) in [4.78, 5) is 9.06. The molecule has 1 nitrogen and oxygen atoms in total. The zero-order valence-corrected chi connectivity index (χ0v) is 3.77. The van der Waals surface area contributed by atoms with E-state index in [0.29, 0.717) is 6.29 Å². The normalized spacial score (nSPS) is 4.00. The molecule has 0 aliphatic rings. The Morgan fingerprint density at radius 2 is 1.80 bits per heavy atom. The minimum Gasteiger partial charge on any atom is -0.299 e. The Labute approximate surface area is 35.7 Å². The van der Waals surface area contributed by atoms with E-state index in [1.54, 1.807) is 0 Å². The van der Waals surface area contributed by atoms with E-state index in [2.05, 4.69) is 6.58 Å². The summed E-state index contributed by atoms with van der Waals surface area (Å²) >= 11 is 0. The summed E-state index contributed by atoms with van der Waals surface area (Å²) in [5, 5.41) is 0. The molecule has 0 saturated carbocycles. The molecule has 0 spiro atoms. The molecule has 26 valence electrons. The monoisotopic (exact) mass is 84.0 g/mol. The van der Waals surface area contributed by atoms with Gasteiger partial charge in [-0.15, -0.1) is 0 Å². The zero-order valence-electron chi connectivity index (χ0n) is 2.77. The number of aldehydes is 1. The van der Waals surface area contributed by atoms with E-state index in [1.807, 2.05) is 0 Å². The van der Waals surface area contributed by atoms with Gasteiger partial charge < -0.3 is 0 Å². The molecule has 0 aromatic carbocycles. The van der Waals surface area contributed by atoms with Crippen LogP contribution in [0.15, 0.2) is 12.7 Å². The first-order valence-electron chi connectivity index (χ1n) is 0.977. The number of hydrogen-bond donors (Lipinski definition) is 0. The van der Waals surface area contributed by atoms with Crippen molar-refractivity contribution in [2.24, 2.45) is 0 Å². The lowest BCUT2D eigenvalue weighted by Gasteiger charge is -1.37. The van der Waals surface area contributed by atoms with Gasteiger partial charge in [-0.3, -0.25) is 4.79 Å². The van der Waals surface area contributed by atoms with Gasteiger partial charge in [0.05, 0.1) is 0 Å². The third-order valence-corrected chi connectivity index (χ3v) is 0.0962. The third-order valence-electron chi connectivity index (χ3n) is 0.0962. The van der Waals surface area contributed by atoms with Gasteiger partial charge in [-0.1, -0.05) is 6.58 Å². The summed E-state index contributed by atoms with van der Waals surface area (Å²) in [6, 6.07) is 0. The average molecular weight is 84.2 g/mol. The highest BCUT2D eigenvalue weighted by molar-refractivity contribution is 5.75. The van der Waals surface area contributed by atoms with Crippen LogP contribution >= 0.6 is 0 Å². The second-order valence-electron chi connectivity index (χ2n) is 0.372. The van der Waals surface area contributed by atoms with Crippen molar-refractivity contribution in [3.05, 3.63) is 12.7 Å². The summed E-state index contributed by atoms with van der Waals surface area (Å²) in [5.74, 6) is 0. The van der Waals surface area contributed by atoms with E-state index >= 15 is 0 Å². The largest absolute Gasteiger partial charge is 0.299 e. The highest BCUT2D eigenvalue weighted by atomic mass is 28.1. The van der Waals surface area contributed by atoms with Gasteiger partial charge in [-0.25, -0.2) is 0 Å². The minimum atomic E-state index is 0. The van der Waals surface area contributed by atoms with Crippen LogP contribution in [0.3, 0.4) is 0 Å². The van der Waals surface area contributed by atoms with Crippen LogP contribution in [0, 0.1) is 0 Å². The maximum absolute atomic E-state index is 9.06. The molecule has 0 bridgehead atoms. The Hall–Kier alpha value is -0.373. The maximum Gasteiger partial charge on any atom is 0.142 e. The smallest absolute Gasteiger partial charge is 0.142 e. The number of allylic oxidation sites excluding steroid dienone is 1. The van der Waals surface area contributed by atoms with Crippen LogP contribution in [0.5, 0.6) is 0 Å². The second-order valence-corrected chi connectivity index (χ2v) is 0.372. The highest BCUT2D eigenvalue weighted by Gasteiger charge is 1.38. The fraction of sp³-hybridized carbons (Fsp3) is 0. The van der Waals surface area contributed by atoms with Crippen LogP contribution in [0.25, 0.3) is 0 Å². The van der Waals surface area contributed by atoms with Gasteiger partial charge in [-0.2, -0.15) is 0 Å². The first-order valence-corrected chi connectivity index (χ1v) is 0.977. The molecule has 0 aromatic rings. The summed E-state index contributed by atoms with van der Waals surface area (Å²) in [5.41, 5.74) is 0. The quantitative estimate of drug-likeness (QED) is 0.248. The molecule has 0 unspecified atom stereocenters. The van der Waals surface area contributed by atoms with E-state index in [1.165, 1.54) is 6.08 Å². The molecule has 0 heterocycles. The standard InChI is InChI=1S/C3H4O.Si/c1-2-3-4;/h2-3H,1H2;. The predicted octanol–water partition coefficient (Wildman–Crippen LogP) is -0.00950. The molecular formula is C3H4OSi. The van der Waals surface area contributed by atoms with Crippen LogP contribution < -0.4 is 0 Å². The van der Waals surface area contributed by atoms with Gasteiger partial charge in [0.15, 0.2) is 0 Å². The first kappa shape index (κ1) is 8.82. The van der Waals surface area contributed by atoms with Crippen LogP contribution in [-0.2, 0) is 4.79 Å². The number of rotatable bonds is 1. The van der Waals surface area contributed by atoms with Crippen LogP contribution in [0.1, 0.15) is 0 Å². The molecule has 0 aliphatic heterocycles. The summed E-state index contributed by atoms with van der Waals surface area (Å²) in [6.45, 7) is 3.11. The van der Waals surface area contributed by atoms with Crippen LogP contribution in [0.4, 0.5) is 0 Å². The van der Waals surface area contributed by atoms with Crippen molar-refractivity contribution in [1.82, 2.24) is 0 Å². The van der Waals surface area contributed by atoms with Crippen molar-refractivity contribution in [3.8, 4) is 0 Å². The summed E-state index contributed by atoms with van der Waals surface area (Å²) < 4.78 is 0. The maximum atomic E-state index is 9.06. The molecule has 5 heavy (non-hydrogen) atoms. The molecule has 0 saturated heterocycles. The minimum absolute atomic E-state index is 0. The molecule has 4 radical (unpaired) electrons. The van der Waals surface area contributed by atoms with E-state index < -0.39 is 0 Å². The fourth-order valence-electron chi connectivity index (χ4n) is 0. The Balaban J connectivity index is 0. The highest BCUT2D eigenvalue weighted by Crippen LogP contribution is 1.35. The number of carbonyl (C=O) groups excluding carboxylic acids is 1. The molecule has 0 aromatic heterocycles. The topological polar surface area (TPSA) is 17.1 Å². The Kier molecular flexibility index (Phi) is 16.7.